The van der Waals surface area contributed by atoms with Crippen LogP contribution in [0.3, 0.4) is 0 Å². The first-order chi connectivity index (χ1) is 7.60. The van der Waals surface area contributed by atoms with Crippen LogP contribution in [-0.4, -0.2) is 26.3 Å². The van der Waals surface area contributed by atoms with Gasteiger partial charge in [-0.2, -0.15) is 0 Å². The van der Waals surface area contributed by atoms with Crippen LogP contribution in [0.2, 0.25) is 0 Å². The van der Waals surface area contributed by atoms with Crippen molar-refractivity contribution in [3.63, 3.8) is 0 Å². The van der Waals surface area contributed by atoms with Gasteiger partial charge in [0.15, 0.2) is 0 Å². The summed E-state index contributed by atoms with van der Waals surface area (Å²) >= 11 is 0. The monoisotopic (exact) mass is 225 g/mol. The second kappa shape index (κ2) is 3.92. The van der Waals surface area contributed by atoms with Crippen LogP contribution < -0.4 is 5.73 Å². The number of aryl methyl sites for hydroxylation is 1. The summed E-state index contributed by atoms with van der Waals surface area (Å²) in [4.78, 5) is 11.7. The summed E-state index contributed by atoms with van der Waals surface area (Å²) in [6, 6.07) is 3.07. The molecule has 0 aromatic carbocycles. The molecule has 5 nitrogen and oxygen atoms in total. The Morgan fingerprint density at radius 3 is 2.62 bits per heavy atom. The van der Waals surface area contributed by atoms with Gasteiger partial charge in [-0.25, -0.2) is 0 Å². The number of methoxy groups -OCH3 is 1. The molecule has 0 amide bonds. The van der Waals surface area contributed by atoms with E-state index in [0.29, 0.717) is 5.76 Å². The molecular weight excluding hydrogens is 210 g/mol. The van der Waals surface area contributed by atoms with E-state index >= 15 is 0 Å². The fourth-order valence-corrected chi connectivity index (χ4v) is 1.84. The van der Waals surface area contributed by atoms with E-state index in [-0.39, 0.29) is 19.2 Å². The highest BCUT2D eigenvalue weighted by Crippen LogP contribution is 2.40. The number of carbonyl (C=O) groups is 1. The Hall–Kier alpha value is -1.33. The van der Waals surface area contributed by atoms with Gasteiger partial charge in [0.2, 0.25) is 0 Å². The van der Waals surface area contributed by atoms with E-state index in [4.69, 9.17) is 19.6 Å². The minimum absolute atomic E-state index is 0.278. The third-order valence-corrected chi connectivity index (χ3v) is 2.97. The van der Waals surface area contributed by atoms with Crippen LogP contribution in [-0.2, 0) is 14.3 Å². The number of esters is 1. The summed E-state index contributed by atoms with van der Waals surface area (Å²) in [5.74, 6) is 1.01. The summed E-state index contributed by atoms with van der Waals surface area (Å²) in [5, 5.41) is 0. The van der Waals surface area contributed by atoms with Crippen molar-refractivity contribution < 1.29 is 18.7 Å². The Morgan fingerprint density at radius 1 is 1.56 bits per heavy atom. The molecule has 5 heteroatoms. The zero-order valence-electron chi connectivity index (χ0n) is 9.36. The molecule has 1 aromatic rings. The van der Waals surface area contributed by atoms with Crippen molar-refractivity contribution in [2.75, 3.05) is 20.3 Å². The number of rotatable bonds is 3. The van der Waals surface area contributed by atoms with Crippen molar-refractivity contribution in [3.8, 4) is 0 Å². The van der Waals surface area contributed by atoms with Crippen molar-refractivity contribution in [1.82, 2.24) is 0 Å². The van der Waals surface area contributed by atoms with Crippen LogP contribution >= 0.6 is 0 Å². The fraction of sp³-hybridized carbons (Fsp3) is 0.545. The molecule has 0 saturated carbocycles. The maximum atomic E-state index is 11.7. The molecule has 88 valence electrons. The van der Waals surface area contributed by atoms with Crippen LogP contribution in [0.5, 0.6) is 0 Å². The van der Waals surface area contributed by atoms with E-state index in [0.717, 1.165) is 5.76 Å². The molecule has 2 N–H and O–H groups in total. The lowest BCUT2D eigenvalue weighted by molar-refractivity contribution is -0.189. The lowest BCUT2D eigenvalue weighted by Gasteiger charge is -2.41. The summed E-state index contributed by atoms with van der Waals surface area (Å²) in [6.45, 7) is 2.39. The minimum atomic E-state index is -0.793. The maximum Gasteiger partial charge on any atom is 0.318 e. The van der Waals surface area contributed by atoms with E-state index < -0.39 is 11.5 Å². The first-order valence-corrected chi connectivity index (χ1v) is 5.08. The molecule has 1 unspecified atom stereocenters. The Balaban J connectivity index is 2.25. The van der Waals surface area contributed by atoms with E-state index in [1.807, 2.05) is 13.0 Å². The molecule has 1 fully saturated rings. The zero-order valence-corrected chi connectivity index (χ0v) is 9.36. The molecule has 16 heavy (non-hydrogen) atoms. The van der Waals surface area contributed by atoms with Gasteiger partial charge >= 0.3 is 5.97 Å². The van der Waals surface area contributed by atoms with E-state index in [1.165, 1.54) is 7.11 Å². The van der Waals surface area contributed by atoms with Crippen molar-refractivity contribution >= 4 is 5.97 Å². The average molecular weight is 225 g/mol. The first-order valence-electron chi connectivity index (χ1n) is 5.08. The van der Waals surface area contributed by atoms with Gasteiger partial charge in [-0.15, -0.1) is 0 Å². The fourth-order valence-electron chi connectivity index (χ4n) is 1.84. The van der Waals surface area contributed by atoms with Crippen LogP contribution in [0.1, 0.15) is 17.6 Å². The smallest absolute Gasteiger partial charge is 0.318 e. The third kappa shape index (κ3) is 1.52. The van der Waals surface area contributed by atoms with Gasteiger partial charge < -0.3 is 19.6 Å². The molecule has 1 aliphatic heterocycles. The Kier molecular flexibility index (Phi) is 2.73. The Morgan fingerprint density at radius 2 is 2.25 bits per heavy atom. The standard InChI is InChI=1S/C11H15NO4/c1-7-3-4-8(16-7)9(12)11(5-15-6-11)10(13)14-2/h3-4,9H,5-6,12H2,1-2H3. The van der Waals surface area contributed by atoms with E-state index in [9.17, 15) is 4.79 Å². The number of carbonyl (C=O) groups excluding carboxylic acids is 1. The molecule has 1 aromatic heterocycles. The predicted molar refractivity (Wildman–Crippen MR) is 55.6 cm³/mol. The topological polar surface area (TPSA) is 74.7 Å². The second-order valence-corrected chi connectivity index (χ2v) is 4.07. The SMILES string of the molecule is COC(=O)C1(C(N)c2ccc(C)o2)COC1. The number of hydrogen-bond acceptors (Lipinski definition) is 5. The Bertz CT molecular complexity index is 394. The molecule has 1 aliphatic rings. The summed E-state index contributed by atoms with van der Waals surface area (Å²) in [7, 11) is 1.35. The Labute approximate surface area is 93.5 Å². The lowest BCUT2D eigenvalue weighted by atomic mass is 9.77. The van der Waals surface area contributed by atoms with Crippen molar-refractivity contribution in [2.24, 2.45) is 11.1 Å². The van der Waals surface area contributed by atoms with Gasteiger partial charge in [-0.3, -0.25) is 4.79 Å². The number of nitrogens with two attached hydrogens (primary N) is 1. The lowest BCUT2D eigenvalue weighted by Crippen LogP contribution is -2.56. The van der Waals surface area contributed by atoms with Crippen LogP contribution in [0.15, 0.2) is 16.5 Å². The van der Waals surface area contributed by atoms with E-state index in [2.05, 4.69) is 0 Å². The second-order valence-electron chi connectivity index (χ2n) is 4.07. The highest BCUT2D eigenvalue weighted by Gasteiger charge is 2.53. The number of ether oxygens (including phenoxy) is 2. The van der Waals surface area contributed by atoms with Crippen LogP contribution in [0, 0.1) is 12.3 Å². The highest BCUT2D eigenvalue weighted by atomic mass is 16.5. The molecule has 0 bridgehead atoms. The van der Waals surface area contributed by atoms with Crippen molar-refractivity contribution in [1.29, 1.82) is 0 Å². The normalized spacial score (nSPS) is 19.9. The molecular formula is C11H15NO4. The molecule has 0 spiro atoms. The van der Waals surface area contributed by atoms with Gasteiger partial charge in [0, 0.05) is 0 Å². The molecule has 1 atom stereocenters. The molecule has 1 saturated heterocycles. The van der Waals surface area contributed by atoms with Crippen LogP contribution in [0.25, 0.3) is 0 Å². The number of furan rings is 1. The minimum Gasteiger partial charge on any atom is -0.468 e. The van der Waals surface area contributed by atoms with Gasteiger partial charge in [0.1, 0.15) is 16.9 Å². The zero-order chi connectivity index (χ0) is 11.8. The highest BCUT2D eigenvalue weighted by molar-refractivity contribution is 5.79. The largest absolute Gasteiger partial charge is 0.468 e. The van der Waals surface area contributed by atoms with E-state index in [1.54, 1.807) is 6.07 Å². The molecule has 2 rings (SSSR count). The van der Waals surface area contributed by atoms with Crippen molar-refractivity contribution in [2.45, 2.75) is 13.0 Å². The molecule has 0 radical (unpaired) electrons. The van der Waals surface area contributed by atoms with Gasteiger partial charge in [0.05, 0.1) is 26.4 Å². The van der Waals surface area contributed by atoms with Gasteiger partial charge in [-0.1, -0.05) is 0 Å². The maximum absolute atomic E-state index is 11.7. The van der Waals surface area contributed by atoms with Gasteiger partial charge in [-0.05, 0) is 19.1 Å². The quantitative estimate of drug-likeness (QED) is 0.769. The first kappa shape index (κ1) is 11.2. The number of hydrogen-bond donors (Lipinski definition) is 1. The summed E-state index contributed by atoms with van der Waals surface area (Å²) in [6.07, 6.45) is 0. The average Bonchev–Trinajstić information content (AvgIpc) is 2.62. The summed E-state index contributed by atoms with van der Waals surface area (Å²) in [5.41, 5.74) is 5.26. The predicted octanol–water partition coefficient (Wildman–Crippen LogP) is 0.777. The third-order valence-electron chi connectivity index (χ3n) is 2.97. The molecule has 0 aliphatic carbocycles. The van der Waals surface area contributed by atoms with Crippen LogP contribution in [0.4, 0.5) is 0 Å². The van der Waals surface area contributed by atoms with Gasteiger partial charge in [0.25, 0.3) is 0 Å². The summed E-state index contributed by atoms with van der Waals surface area (Å²) < 4.78 is 15.3. The molecule has 2 heterocycles. The van der Waals surface area contributed by atoms with Crippen molar-refractivity contribution in [3.05, 3.63) is 23.7 Å².